The van der Waals surface area contributed by atoms with E-state index in [1.165, 1.54) is 0 Å². The predicted octanol–water partition coefficient (Wildman–Crippen LogP) is 3.44. The summed E-state index contributed by atoms with van der Waals surface area (Å²) in [4.78, 5) is 28.1. The highest BCUT2D eigenvalue weighted by molar-refractivity contribution is 7.13. The Morgan fingerprint density at radius 3 is 3.00 bits per heavy atom. The van der Waals surface area contributed by atoms with Gasteiger partial charge in [-0.15, -0.1) is 11.3 Å². The number of hydrogen-bond acceptors (Lipinski definition) is 5. The van der Waals surface area contributed by atoms with Crippen molar-refractivity contribution in [3.63, 3.8) is 0 Å². The van der Waals surface area contributed by atoms with Gasteiger partial charge in [-0.1, -0.05) is 24.3 Å². The Balaban J connectivity index is 1.42. The van der Waals surface area contributed by atoms with Crippen molar-refractivity contribution in [1.82, 2.24) is 15.1 Å². The first-order valence-corrected chi connectivity index (χ1v) is 9.76. The first-order chi connectivity index (χ1) is 13.2. The second kappa shape index (κ2) is 6.06. The highest BCUT2D eigenvalue weighted by Gasteiger charge is 2.48. The lowest BCUT2D eigenvalue weighted by atomic mass is 9.85. The van der Waals surface area contributed by atoms with E-state index in [0.29, 0.717) is 24.3 Å². The predicted molar refractivity (Wildman–Crippen MR) is 101 cm³/mol. The third kappa shape index (κ3) is 2.57. The number of benzene rings is 1. The van der Waals surface area contributed by atoms with Crippen LogP contribution in [0.15, 0.2) is 47.8 Å². The van der Waals surface area contributed by atoms with Crippen molar-refractivity contribution in [3.05, 3.63) is 64.7 Å². The van der Waals surface area contributed by atoms with Crippen molar-refractivity contribution >= 4 is 23.2 Å². The monoisotopic (exact) mass is 379 g/mol. The summed E-state index contributed by atoms with van der Waals surface area (Å²) in [5.41, 5.74) is 1.96. The molecule has 0 saturated carbocycles. The summed E-state index contributed by atoms with van der Waals surface area (Å²) in [7, 11) is 0. The minimum atomic E-state index is -0.742. The number of nitrogens with zero attached hydrogens (tertiary/aromatic N) is 2. The molecule has 6 nitrogen and oxygen atoms in total. The summed E-state index contributed by atoms with van der Waals surface area (Å²) >= 11 is 1.59. The van der Waals surface area contributed by atoms with Gasteiger partial charge in [0.1, 0.15) is 0 Å². The average Bonchev–Trinajstić information content (AvgIpc) is 3.42. The second-order valence-electron chi connectivity index (χ2n) is 6.90. The van der Waals surface area contributed by atoms with E-state index >= 15 is 0 Å². The molecular formula is C20H17N3O3S. The number of ether oxygens (including phenoxy) is 1. The maximum atomic E-state index is 13.0. The number of rotatable bonds is 2. The minimum absolute atomic E-state index is 0.145. The van der Waals surface area contributed by atoms with Gasteiger partial charge in [0.2, 0.25) is 0 Å². The summed E-state index contributed by atoms with van der Waals surface area (Å²) in [5.74, 6) is -0.451. The molecule has 7 heteroatoms. The number of thiophene rings is 1. The van der Waals surface area contributed by atoms with E-state index in [9.17, 15) is 9.59 Å². The van der Waals surface area contributed by atoms with Crippen LogP contribution in [0.2, 0.25) is 0 Å². The van der Waals surface area contributed by atoms with Crippen LogP contribution in [0.4, 0.5) is 0 Å². The van der Waals surface area contributed by atoms with Crippen LogP contribution in [0, 0.1) is 0 Å². The van der Waals surface area contributed by atoms with Gasteiger partial charge < -0.3 is 9.64 Å². The van der Waals surface area contributed by atoms with Crippen LogP contribution in [0.25, 0.3) is 10.6 Å². The minimum Gasteiger partial charge on any atom is -0.449 e. The summed E-state index contributed by atoms with van der Waals surface area (Å²) in [6.45, 7) is 0.983. The molecule has 4 heterocycles. The van der Waals surface area contributed by atoms with Gasteiger partial charge in [0.05, 0.1) is 22.7 Å². The van der Waals surface area contributed by atoms with Crippen LogP contribution in [0.1, 0.15) is 39.3 Å². The standard InChI is InChI=1S/C20H17N3O3S/c24-18(16-11-15(21-22-16)17-7-3-10-27-17)23-9-4-8-20(12-23)14-6-2-1-5-13(14)19(25)26-20/h1-3,5-7,10-11H,4,8-9,12H2,(H,21,22)/t20-/m0/s1. The number of hydrogen-bond donors (Lipinski definition) is 1. The van der Waals surface area contributed by atoms with Crippen molar-refractivity contribution in [3.8, 4) is 10.6 Å². The number of aromatic nitrogens is 2. The van der Waals surface area contributed by atoms with Gasteiger partial charge in [-0.3, -0.25) is 9.89 Å². The molecule has 2 aromatic heterocycles. The molecule has 136 valence electrons. The highest BCUT2D eigenvalue weighted by atomic mass is 32.1. The number of aromatic amines is 1. The Bertz CT molecular complexity index is 1030. The molecule has 2 aliphatic rings. The molecule has 1 N–H and O–H groups in total. The molecule has 3 aromatic rings. The third-order valence-corrected chi connectivity index (χ3v) is 6.15. The Morgan fingerprint density at radius 1 is 1.26 bits per heavy atom. The largest absolute Gasteiger partial charge is 0.449 e. The van der Waals surface area contributed by atoms with E-state index in [2.05, 4.69) is 10.2 Å². The fourth-order valence-electron chi connectivity index (χ4n) is 4.00. The molecule has 0 aliphatic carbocycles. The van der Waals surface area contributed by atoms with Gasteiger partial charge in [0.25, 0.3) is 5.91 Å². The lowest BCUT2D eigenvalue weighted by Gasteiger charge is -2.39. The fourth-order valence-corrected chi connectivity index (χ4v) is 4.69. The normalized spacial score (nSPS) is 21.3. The second-order valence-corrected chi connectivity index (χ2v) is 7.85. The molecule has 1 amide bonds. The molecule has 1 fully saturated rings. The Morgan fingerprint density at radius 2 is 2.15 bits per heavy atom. The zero-order valence-electron chi connectivity index (χ0n) is 14.5. The molecule has 1 aromatic carbocycles. The summed E-state index contributed by atoms with van der Waals surface area (Å²) < 4.78 is 5.78. The number of fused-ring (bicyclic) bond motifs is 2. The van der Waals surface area contributed by atoms with Crippen molar-refractivity contribution in [2.24, 2.45) is 0 Å². The molecule has 5 rings (SSSR count). The highest BCUT2D eigenvalue weighted by Crippen LogP contribution is 2.43. The molecule has 1 saturated heterocycles. The van der Waals surface area contributed by atoms with Crippen LogP contribution >= 0.6 is 11.3 Å². The van der Waals surface area contributed by atoms with E-state index in [4.69, 9.17) is 4.74 Å². The fraction of sp³-hybridized carbons (Fsp3) is 0.250. The molecule has 1 spiro atoms. The van der Waals surface area contributed by atoms with Crippen LogP contribution in [-0.4, -0.2) is 40.1 Å². The van der Waals surface area contributed by atoms with Crippen molar-refractivity contribution in [2.45, 2.75) is 18.4 Å². The van der Waals surface area contributed by atoms with Crippen LogP contribution in [0.5, 0.6) is 0 Å². The maximum absolute atomic E-state index is 13.0. The van der Waals surface area contributed by atoms with Crippen LogP contribution in [0.3, 0.4) is 0 Å². The van der Waals surface area contributed by atoms with Gasteiger partial charge in [0.15, 0.2) is 11.3 Å². The van der Waals surface area contributed by atoms with Crippen molar-refractivity contribution in [2.75, 3.05) is 13.1 Å². The number of esters is 1. The quantitative estimate of drug-likeness (QED) is 0.692. The average molecular weight is 379 g/mol. The summed E-state index contributed by atoms with van der Waals surface area (Å²) in [5, 5.41) is 9.13. The SMILES string of the molecule is O=C1O[C@]2(CCCN(C(=O)c3cc(-c4cccs4)[nH]n3)C2)c2ccccc21. The molecule has 0 bridgehead atoms. The summed E-state index contributed by atoms with van der Waals surface area (Å²) in [6.07, 6.45) is 1.50. The smallest absolute Gasteiger partial charge is 0.339 e. The Hall–Kier alpha value is -2.93. The van der Waals surface area contributed by atoms with Gasteiger partial charge in [-0.05, 0) is 36.4 Å². The molecule has 2 aliphatic heterocycles. The van der Waals surface area contributed by atoms with E-state index in [1.807, 2.05) is 35.7 Å². The van der Waals surface area contributed by atoms with E-state index < -0.39 is 5.60 Å². The first-order valence-electron chi connectivity index (χ1n) is 8.88. The molecule has 1 atom stereocenters. The topological polar surface area (TPSA) is 75.3 Å². The van der Waals surface area contributed by atoms with E-state index in [-0.39, 0.29) is 11.9 Å². The van der Waals surface area contributed by atoms with Gasteiger partial charge in [-0.2, -0.15) is 5.10 Å². The number of amides is 1. The van der Waals surface area contributed by atoms with Gasteiger partial charge >= 0.3 is 5.97 Å². The molecule has 0 radical (unpaired) electrons. The molecular weight excluding hydrogens is 362 g/mol. The Labute approximate surface area is 159 Å². The number of carbonyl (C=O) groups is 2. The van der Waals surface area contributed by atoms with Gasteiger partial charge in [-0.25, -0.2) is 4.79 Å². The number of nitrogens with one attached hydrogen (secondary N) is 1. The maximum Gasteiger partial charge on any atom is 0.339 e. The molecule has 0 unspecified atom stereocenters. The van der Waals surface area contributed by atoms with Crippen molar-refractivity contribution < 1.29 is 14.3 Å². The van der Waals surface area contributed by atoms with E-state index in [1.54, 1.807) is 28.4 Å². The lowest BCUT2D eigenvalue weighted by molar-refractivity contribution is -0.0443. The number of likely N-dealkylation sites (tertiary alicyclic amines) is 1. The Kier molecular flexibility index (Phi) is 3.65. The van der Waals surface area contributed by atoms with Crippen LogP contribution in [-0.2, 0) is 10.3 Å². The number of piperidine rings is 1. The molecule has 27 heavy (non-hydrogen) atoms. The van der Waals surface area contributed by atoms with Gasteiger partial charge in [0, 0.05) is 12.1 Å². The van der Waals surface area contributed by atoms with Crippen molar-refractivity contribution in [1.29, 1.82) is 0 Å². The zero-order chi connectivity index (χ0) is 18.4. The third-order valence-electron chi connectivity index (χ3n) is 5.25. The zero-order valence-corrected chi connectivity index (χ0v) is 15.3. The summed E-state index contributed by atoms with van der Waals surface area (Å²) in [6, 6.07) is 13.2. The number of carbonyl (C=O) groups excluding carboxylic acids is 2. The van der Waals surface area contributed by atoms with E-state index in [0.717, 1.165) is 29.0 Å². The lowest BCUT2D eigenvalue weighted by Crippen LogP contribution is -2.48. The number of H-pyrrole nitrogens is 1. The van der Waals surface area contributed by atoms with Crippen LogP contribution < -0.4 is 0 Å². The first kappa shape index (κ1) is 16.3.